The van der Waals surface area contributed by atoms with E-state index >= 15 is 0 Å². The quantitative estimate of drug-likeness (QED) is 0.442. The smallest absolute Gasteiger partial charge is 0.324 e. The first-order chi connectivity index (χ1) is 10.1. The highest BCUT2D eigenvalue weighted by Gasteiger charge is 2.70. The molecule has 9 heteroatoms. The SMILES string of the molecule is COP(O)(=S)OCCN1C(=O)C2C(C1=O)C1(C)C=CC2(C)O1. The number of hydrogen-bond acceptors (Lipinski definition) is 6. The molecule has 3 aliphatic rings. The summed E-state index contributed by atoms with van der Waals surface area (Å²) >= 11 is 4.71. The number of rotatable bonds is 5. The number of imide groups is 1. The minimum Gasteiger partial charge on any atom is -0.359 e. The van der Waals surface area contributed by atoms with Crippen LogP contribution in [0.5, 0.6) is 0 Å². The second-order valence-electron chi connectivity index (χ2n) is 6.07. The van der Waals surface area contributed by atoms with Crippen molar-refractivity contribution in [2.45, 2.75) is 25.0 Å². The Kier molecular flexibility index (Phi) is 3.64. The molecule has 5 atom stereocenters. The van der Waals surface area contributed by atoms with Crippen LogP contribution in [0.15, 0.2) is 12.2 Å². The minimum absolute atomic E-state index is 0.0408. The largest absolute Gasteiger partial charge is 0.359 e. The van der Waals surface area contributed by atoms with E-state index in [0.717, 1.165) is 0 Å². The molecule has 3 aliphatic heterocycles. The number of carbonyl (C=O) groups excluding carboxylic acids is 2. The molecule has 0 spiro atoms. The van der Waals surface area contributed by atoms with Crippen LogP contribution >= 0.6 is 6.72 Å². The molecule has 2 fully saturated rings. The van der Waals surface area contributed by atoms with Crippen LogP contribution in [-0.4, -0.2) is 53.1 Å². The summed E-state index contributed by atoms with van der Waals surface area (Å²) in [7, 11) is 1.25. The van der Waals surface area contributed by atoms with Crippen molar-refractivity contribution in [2.75, 3.05) is 20.3 Å². The second kappa shape index (κ2) is 4.93. The lowest BCUT2D eigenvalue weighted by atomic mass is 9.73. The van der Waals surface area contributed by atoms with Crippen LogP contribution in [0.25, 0.3) is 0 Å². The van der Waals surface area contributed by atoms with Crippen LogP contribution in [0.4, 0.5) is 0 Å². The van der Waals surface area contributed by atoms with Crippen LogP contribution in [0, 0.1) is 11.8 Å². The average molecular weight is 347 g/mol. The summed E-state index contributed by atoms with van der Waals surface area (Å²) in [5.74, 6) is -1.54. The van der Waals surface area contributed by atoms with Crippen molar-refractivity contribution in [3.63, 3.8) is 0 Å². The minimum atomic E-state index is -3.28. The summed E-state index contributed by atoms with van der Waals surface area (Å²) in [5, 5.41) is 0. The number of carbonyl (C=O) groups is 2. The monoisotopic (exact) mass is 347 g/mol. The molecule has 3 rings (SSSR count). The third kappa shape index (κ3) is 2.21. The number of fused-ring (bicyclic) bond motifs is 5. The van der Waals surface area contributed by atoms with E-state index < -0.39 is 29.8 Å². The number of ether oxygens (including phenoxy) is 1. The third-order valence-corrected chi connectivity index (χ3v) is 6.35. The maximum atomic E-state index is 12.6. The Bertz CT molecular complexity index is 588. The summed E-state index contributed by atoms with van der Waals surface area (Å²) in [4.78, 5) is 35.9. The molecule has 0 aliphatic carbocycles. The van der Waals surface area contributed by atoms with Crippen molar-refractivity contribution >= 4 is 30.3 Å². The second-order valence-corrected chi connectivity index (χ2v) is 9.02. The van der Waals surface area contributed by atoms with Gasteiger partial charge in [0.15, 0.2) is 0 Å². The van der Waals surface area contributed by atoms with Gasteiger partial charge in [0.2, 0.25) is 11.8 Å². The van der Waals surface area contributed by atoms with Crippen molar-refractivity contribution in [2.24, 2.45) is 11.8 Å². The first-order valence-electron chi connectivity index (χ1n) is 6.92. The zero-order valence-electron chi connectivity index (χ0n) is 12.5. The molecule has 2 saturated heterocycles. The molecular weight excluding hydrogens is 329 g/mol. The highest BCUT2D eigenvalue weighted by Crippen LogP contribution is 2.57. The zero-order valence-corrected chi connectivity index (χ0v) is 14.2. The Labute approximate surface area is 133 Å². The van der Waals surface area contributed by atoms with Crippen LogP contribution < -0.4 is 0 Å². The van der Waals surface area contributed by atoms with Crippen LogP contribution in [0.2, 0.25) is 0 Å². The fourth-order valence-corrected chi connectivity index (χ4v) is 4.25. The van der Waals surface area contributed by atoms with Crippen molar-refractivity contribution in [3.8, 4) is 0 Å². The van der Waals surface area contributed by atoms with Gasteiger partial charge in [-0.2, -0.15) is 0 Å². The van der Waals surface area contributed by atoms with E-state index in [2.05, 4.69) is 4.52 Å². The number of amides is 2. The molecule has 2 amide bonds. The lowest BCUT2D eigenvalue weighted by Crippen LogP contribution is -2.40. The highest BCUT2D eigenvalue weighted by atomic mass is 32.5. The van der Waals surface area contributed by atoms with Crippen molar-refractivity contribution in [1.29, 1.82) is 0 Å². The molecule has 22 heavy (non-hydrogen) atoms. The molecule has 0 aromatic carbocycles. The molecule has 2 bridgehead atoms. The van der Waals surface area contributed by atoms with E-state index in [9.17, 15) is 14.5 Å². The maximum absolute atomic E-state index is 12.6. The standard InChI is InChI=1S/C13H18NO6PS/c1-12-4-5-13(2,20-12)9-8(12)10(15)14(11(9)16)6-7-19-21(17,22)18-3/h4-5,8-9H,6-7H2,1-3H3,(H,17,22). The summed E-state index contributed by atoms with van der Waals surface area (Å²) in [5.41, 5.74) is -1.47. The zero-order chi connectivity index (χ0) is 16.3. The Morgan fingerprint density at radius 1 is 1.32 bits per heavy atom. The van der Waals surface area contributed by atoms with Gasteiger partial charge in [0.05, 0.1) is 36.2 Å². The number of hydrogen-bond donors (Lipinski definition) is 1. The number of nitrogens with zero attached hydrogens (tertiary/aromatic N) is 1. The average Bonchev–Trinajstić information content (AvgIpc) is 2.97. The molecule has 1 N–H and O–H groups in total. The van der Waals surface area contributed by atoms with Gasteiger partial charge in [-0.15, -0.1) is 0 Å². The normalized spacial score (nSPS) is 42.1. The van der Waals surface area contributed by atoms with Gasteiger partial charge in [-0.25, -0.2) is 0 Å². The van der Waals surface area contributed by atoms with Gasteiger partial charge in [0.1, 0.15) is 0 Å². The lowest BCUT2D eigenvalue weighted by molar-refractivity contribution is -0.146. The summed E-state index contributed by atoms with van der Waals surface area (Å²) in [6.07, 6.45) is 3.72. The van der Waals surface area contributed by atoms with E-state index in [-0.39, 0.29) is 25.0 Å². The van der Waals surface area contributed by atoms with Crippen molar-refractivity contribution < 1.29 is 28.3 Å². The Morgan fingerprint density at radius 3 is 2.27 bits per heavy atom. The molecule has 5 unspecified atom stereocenters. The Morgan fingerprint density at radius 2 is 1.82 bits per heavy atom. The van der Waals surface area contributed by atoms with Crippen molar-refractivity contribution in [3.05, 3.63) is 12.2 Å². The first-order valence-corrected chi connectivity index (χ1v) is 9.51. The van der Waals surface area contributed by atoms with Gasteiger partial charge in [-0.1, -0.05) is 12.2 Å². The van der Waals surface area contributed by atoms with Gasteiger partial charge < -0.3 is 18.7 Å². The molecule has 0 aromatic heterocycles. The van der Waals surface area contributed by atoms with E-state index in [1.165, 1.54) is 12.0 Å². The predicted octanol–water partition coefficient (Wildman–Crippen LogP) is 0.585. The summed E-state index contributed by atoms with van der Waals surface area (Å²) < 4.78 is 15.6. The van der Waals surface area contributed by atoms with Gasteiger partial charge in [0, 0.05) is 7.11 Å². The van der Waals surface area contributed by atoms with E-state index in [4.69, 9.17) is 21.1 Å². The van der Waals surface area contributed by atoms with Crippen LogP contribution in [0.1, 0.15) is 13.8 Å². The maximum Gasteiger partial charge on any atom is 0.324 e. The Balaban J connectivity index is 1.74. The van der Waals surface area contributed by atoms with Crippen molar-refractivity contribution in [1.82, 2.24) is 4.90 Å². The highest BCUT2D eigenvalue weighted by molar-refractivity contribution is 8.07. The molecule has 0 radical (unpaired) electrons. The molecule has 3 heterocycles. The topological polar surface area (TPSA) is 85.3 Å². The van der Waals surface area contributed by atoms with E-state index in [1.54, 1.807) is 0 Å². The fourth-order valence-electron chi connectivity index (χ4n) is 3.61. The summed E-state index contributed by atoms with van der Waals surface area (Å²) in [6, 6.07) is 0. The van der Waals surface area contributed by atoms with Gasteiger partial charge in [-0.3, -0.25) is 14.5 Å². The van der Waals surface area contributed by atoms with Gasteiger partial charge in [0.25, 0.3) is 0 Å². The molecular formula is C13H18NO6PS. The molecule has 0 aromatic rings. The molecule has 122 valence electrons. The molecule has 0 saturated carbocycles. The van der Waals surface area contributed by atoms with Gasteiger partial charge >= 0.3 is 6.72 Å². The van der Waals surface area contributed by atoms with E-state index in [0.29, 0.717) is 0 Å². The lowest BCUT2D eigenvalue weighted by Gasteiger charge is -2.25. The van der Waals surface area contributed by atoms with E-state index in [1.807, 2.05) is 26.0 Å². The molecule has 7 nitrogen and oxygen atoms in total. The Hall–Kier alpha value is -0.630. The predicted molar refractivity (Wildman–Crippen MR) is 80.2 cm³/mol. The first kappa shape index (κ1) is 16.2. The van der Waals surface area contributed by atoms with Crippen LogP contribution in [-0.2, 0) is 35.2 Å². The number of likely N-dealkylation sites (tertiary alicyclic amines) is 1. The fraction of sp³-hybridized carbons (Fsp3) is 0.692. The van der Waals surface area contributed by atoms with Gasteiger partial charge in [-0.05, 0) is 25.7 Å². The third-order valence-electron chi connectivity index (χ3n) is 4.62. The van der Waals surface area contributed by atoms with Crippen LogP contribution in [0.3, 0.4) is 0 Å². The summed E-state index contributed by atoms with van der Waals surface area (Å²) in [6.45, 7) is 0.345.